The second-order valence-electron chi connectivity index (χ2n) is 4.50. The van der Waals surface area contributed by atoms with Gasteiger partial charge >= 0.3 is 0 Å². The van der Waals surface area contributed by atoms with Gasteiger partial charge in [0.1, 0.15) is 0 Å². The molecule has 2 N–H and O–H groups in total. The Balaban J connectivity index is 2.09. The standard InChI is InChI=1S/C9H17NO/c1-9(2)7-6(8(9)11)4-3-5-10-7/h6-8,10-11H,3-5H2,1-2H3/t6-,7-,8-/m1/s1. The highest BCUT2D eigenvalue weighted by molar-refractivity contribution is 5.09. The van der Waals surface area contributed by atoms with Crippen LogP contribution in [0.1, 0.15) is 26.7 Å². The Kier molecular flexibility index (Phi) is 1.52. The van der Waals surface area contributed by atoms with E-state index in [2.05, 4.69) is 19.2 Å². The molecule has 1 saturated carbocycles. The van der Waals surface area contributed by atoms with Gasteiger partial charge in [-0.1, -0.05) is 13.8 Å². The van der Waals surface area contributed by atoms with Crippen molar-refractivity contribution in [1.82, 2.24) is 5.32 Å². The molecule has 0 aromatic heterocycles. The molecule has 0 aromatic rings. The van der Waals surface area contributed by atoms with Crippen molar-refractivity contribution >= 4 is 0 Å². The molecule has 2 rings (SSSR count). The number of aliphatic hydroxyl groups is 1. The van der Waals surface area contributed by atoms with E-state index in [9.17, 15) is 5.11 Å². The summed E-state index contributed by atoms with van der Waals surface area (Å²) in [4.78, 5) is 0. The first-order chi connectivity index (χ1) is 5.14. The molecular formula is C9H17NO. The average Bonchev–Trinajstić information content (AvgIpc) is 2.04. The third kappa shape index (κ3) is 0.859. The summed E-state index contributed by atoms with van der Waals surface area (Å²) >= 11 is 0. The number of fused-ring (bicyclic) bond motifs is 1. The molecule has 1 aliphatic carbocycles. The van der Waals surface area contributed by atoms with Crippen LogP contribution in [0.5, 0.6) is 0 Å². The Morgan fingerprint density at radius 3 is 2.82 bits per heavy atom. The van der Waals surface area contributed by atoms with Crippen LogP contribution in [0, 0.1) is 11.3 Å². The summed E-state index contributed by atoms with van der Waals surface area (Å²) < 4.78 is 0. The molecule has 2 fully saturated rings. The number of aliphatic hydroxyl groups excluding tert-OH is 1. The Morgan fingerprint density at radius 1 is 1.45 bits per heavy atom. The number of piperidine rings is 1. The van der Waals surface area contributed by atoms with E-state index in [1.807, 2.05) is 0 Å². The quantitative estimate of drug-likeness (QED) is 0.541. The number of hydrogen-bond acceptors (Lipinski definition) is 2. The summed E-state index contributed by atoms with van der Waals surface area (Å²) in [6, 6.07) is 0.575. The van der Waals surface area contributed by atoms with Crippen LogP contribution in [-0.4, -0.2) is 23.8 Å². The minimum Gasteiger partial charge on any atom is -0.392 e. The highest BCUT2D eigenvalue weighted by Crippen LogP contribution is 2.48. The number of nitrogens with one attached hydrogen (secondary N) is 1. The molecule has 1 heterocycles. The van der Waals surface area contributed by atoms with Crippen LogP contribution in [0.15, 0.2) is 0 Å². The minimum atomic E-state index is -0.0692. The molecule has 11 heavy (non-hydrogen) atoms. The summed E-state index contributed by atoms with van der Waals surface area (Å²) in [6.45, 7) is 5.44. The van der Waals surface area contributed by atoms with E-state index in [0.29, 0.717) is 12.0 Å². The zero-order valence-electron chi connectivity index (χ0n) is 7.30. The fourth-order valence-corrected chi connectivity index (χ4v) is 2.69. The predicted octanol–water partition coefficient (Wildman–Crippen LogP) is 0.755. The maximum atomic E-state index is 9.73. The second kappa shape index (κ2) is 2.20. The van der Waals surface area contributed by atoms with Crippen LogP contribution in [-0.2, 0) is 0 Å². The van der Waals surface area contributed by atoms with Gasteiger partial charge in [0, 0.05) is 17.4 Å². The molecule has 0 unspecified atom stereocenters. The van der Waals surface area contributed by atoms with Gasteiger partial charge in [-0.25, -0.2) is 0 Å². The average molecular weight is 155 g/mol. The van der Waals surface area contributed by atoms with Gasteiger partial charge in [-0.15, -0.1) is 0 Å². The molecule has 2 nitrogen and oxygen atoms in total. The molecule has 0 amide bonds. The lowest BCUT2D eigenvalue weighted by Crippen LogP contribution is -2.69. The minimum absolute atomic E-state index is 0.0692. The molecule has 1 saturated heterocycles. The summed E-state index contributed by atoms with van der Waals surface area (Å²) in [7, 11) is 0. The molecule has 0 spiro atoms. The third-order valence-corrected chi connectivity index (χ3v) is 3.48. The van der Waals surface area contributed by atoms with Crippen LogP contribution in [0.3, 0.4) is 0 Å². The largest absolute Gasteiger partial charge is 0.392 e. The lowest BCUT2D eigenvalue weighted by atomic mass is 9.55. The fourth-order valence-electron chi connectivity index (χ4n) is 2.69. The van der Waals surface area contributed by atoms with Gasteiger partial charge in [0.2, 0.25) is 0 Å². The molecule has 2 aliphatic rings. The van der Waals surface area contributed by atoms with E-state index in [-0.39, 0.29) is 11.5 Å². The van der Waals surface area contributed by atoms with Gasteiger partial charge in [0.25, 0.3) is 0 Å². The number of rotatable bonds is 0. The van der Waals surface area contributed by atoms with E-state index < -0.39 is 0 Å². The first kappa shape index (κ1) is 7.56. The first-order valence-electron chi connectivity index (χ1n) is 4.55. The maximum absolute atomic E-state index is 9.73. The van der Waals surface area contributed by atoms with Gasteiger partial charge < -0.3 is 10.4 Å². The molecule has 64 valence electrons. The van der Waals surface area contributed by atoms with E-state index in [1.165, 1.54) is 12.8 Å². The van der Waals surface area contributed by atoms with Gasteiger partial charge in [-0.3, -0.25) is 0 Å². The summed E-state index contributed by atoms with van der Waals surface area (Å²) in [6.07, 6.45) is 2.37. The molecule has 2 heteroatoms. The highest BCUT2D eigenvalue weighted by atomic mass is 16.3. The van der Waals surface area contributed by atoms with Gasteiger partial charge in [-0.05, 0) is 19.4 Å². The molecule has 3 atom stereocenters. The van der Waals surface area contributed by atoms with Crippen molar-refractivity contribution in [2.24, 2.45) is 11.3 Å². The van der Waals surface area contributed by atoms with E-state index in [0.717, 1.165) is 6.54 Å². The maximum Gasteiger partial charge on any atom is 0.0649 e. The third-order valence-electron chi connectivity index (χ3n) is 3.48. The highest BCUT2D eigenvalue weighted by Gasteiger charge is 2.55. The van der Waals surface area contributed by atoms with Crippen LogP contribution < -0.4 is 5.32 Å². The van der Waals surface area contributed by atoms with Gasteiger partial charge in [0.05, 0.1) is 6.10 Å². The van der Waals surface area contributed by atoms with Gasteiger partial charge in [-0.2, -0.15) is 0 Å². The Morgan fingerprint density at radius 2 is 2.18 bits per heavy atom. The smallest absolute Gasteiger partial charge is 0.0649 e. The van der Waals surface area contributed by atoms with Crippen LogP contribution in [0.4, 0.5) is 0 Å². The monoisotopic (exact) mass is 155 g/mol. The van der Waals surface area contributed by atoms with E-state index >= 15 is 0 Å². The van der Waals surface area contributed by atoms with Crippen molar-refractivity contribution in [1.29, 1.82) is 0 Å². The van der Waals surface area contributed by atoms with Crippen molar-refractivity contribution in [3.05, 3.63) is 0 Å². The summed E-state index contributed by atoms with van der Waals surface area (Å²) in [5.74, 6) is 0.541. The van der Waals surface area contributed by atoms with Crippen molar-refractivity contribution in [3.8, 4) is 0 Å². The van der Waals surface area contributed by atoms with E-state index in [4.69, 9.17) is 0 Å². The lowest BCUT2D eigenvalue weighted by molar-refractivity contribution is -0.144. The Bertz CT molecular complexity index is 167. The van der Waals surface area contributed by atoms with Crippen molar-refractivity contribution in [3.63, 3.8) is 0 Å². The molecular weight excluding hydrogens is 138 g/mol. The number of hydrogen-bond donors (Lipinski definition) is 2. The molecule has 1 aliphatic heterocycles. The Hall–Kier alpha value is -0.0800. The second-order valence-corrected chi connectivity index (χ2v) is 4.50. The van der Waals surface area contributed by atoms with Crippen LogP contribution >= 0.6 is 0 Å². The summed E-state index contributed by atoms with van der Waals surface area (Å²) in [5.41, 5.74) is 0.116. The zero-order chi connectivity index (χ0) is 8.06. The van der Waals surface area contributed by atoms with Gasteiger partial charge in [0.15, 0.2) is 0 Å². The van der Waals surface area contributed by atoms with Crippen molar-refractivity contribution in [2.75, 3.05) is 6.54 Å². The van der Waals surface area contributed by atoms with Crippen molar-refractivity contribution < 1.29 is 5.11 Å². The van der Waals surface area contributed by atoms with Crippen molar-refractivity contribution in [2.45, 2.75) is 38.8 Å². The zero-order valence-corrected chi connectivity index (χ0v) is 7.30. The topological polar surface area (TPSA) is 32.3 Å². The van der Waals surface area contributed by atoms with E-state index in [1.54, 1.807) is 0 Å². The first-order valence-corrected chi connectivity index (χ1v) is 4.55. The molecule has 0 radical (unpaired) electrons. The van der Waals surface area contributed by atoms with Crippen LogP contribution in [0.2, 0.25) is 0 Å². The predicted molar refractivity (Wildman–Crippen MR) is 44.3 cm³/mol. The Labute approximate surface area is 68.0 Å². The summed E-state index contributed by atoms with van der Waals surface area (Å²) in [5, 5.41) is 13.2. The molecule has 0 bridgehead atoms. The normalized spacial score (nSPS) is 47.7. The lowest BCUT2D eigenvalue weighted by Gasteiger charge is -2.58. The SMILES string of the molecule is CC1(C)[C@H](O)[C@@H]2CCCN[C@H]21. The molecule has 0 aromatic carbocycles. The fraction of sp³-hybridized carbons (Fsp3) is 1.00. The van der Waals surface area contributed by atoms with Crippen LogP contribution in [0.25, 0.3) is 0 Å².